The summed E-state index contributed by atoms with van der Waals surface area (Å²) >= 11 is 5.17. The van der Waals surface area contributed by atoms with Crippen molar-refractivity contribution in [3.8, 4) is 0 Å². The van der Waals surface area contributed by atoms with Crippen molar-refractivity contribution >= 4 is 39.1 Å². The third-order valence-electron chi connectivity index (χ3n) is 5.33. The fraction of sp³-hybridized carbons (Fsp3) is 0.647. The predicted octanol–water partition coefficient (Wildman–Crippen LogP) is 3.72. The van der Waals surface area contributed by atoms with E-state index >= 15 is 0 Å². The lowest BCUT2D eigenvalue weighted by atomic mass is 9.50. The first kappa shape index (κ1) is 17.0. The minimum Gasteiger partial charge on any atom is -0.469 e. The Bertz CT molecular complexity index is 641. The zero-order valence-corrected chi connectivity index (χ0v) is 16.1. The van der Waals surface area contributed by atoms with E-state index in [1.807, 2.05) is 6.92 Å². The van der Waals surface area contributed by atoms with E-state index in [9.17, 15) is 9.59 Å². The van der Waals surface area contributed by atoms with Gasteiger partial charge in [-0.1, -0.05) is 15.9 Å². The maximum Gasteiger partial charge on any atom is 0.308 e. The molecule has 0 aromatic carbocycles. The van der Waals surface area contributed by atoms with Gasteiger partial charge in [-0.2, -0.15) is 0 Å². The van der Waals surface area contributed by atoms with E-state index in [2.05, 4.69) is 28.2 Å². The number of ether oxygens (including phenoxy) is 1. The SMILES string of the molecule is COC(=O)C1CC2(CC(NC(=O)c3c(C)sc(C)c3CBr)C2)C1. The van der Waals surface area contributed by atoms with Crippen LogP contribution in [0.3, 0.4) is 0 Å². The van der Waals surface area contributed by atoms with Crippen LogP contribution in [0.2, 0.25) is 0 Å². The van der Waals surface area contributed by atoms with Gasteiger partial charge in [0.2, 0.25) is 0 Å². The van der Waals surface area contributed by atoms with E-state index in [4.69, 9.17) is 4.74 Å². The molecular formula is C17H22BrNO3S. The second kappa shape index (κ2) is 6.20. The highest BCUT2D eigenvalue weighted by Gasteiger charge is 2.55. The first-order valence-electron chi connectivity index (χ1n) is 7.92. The molecule has 126 valence electrons. The molecule has 2 aliphatic carbocycles. The van der Waals surface area contributed by atoms with E-state index in [1.54, 1.807) is 11.3 Å². The van der Waals surface area contributed by atoms with E-state index in [0.29, 0.717) is 5.33 Å². The molecule has 0 atom stereocenters. The third kappa shape index (κ3) is 2.95. The minimum absolute atomic E-state index is 0.0463. The normalized spacial score (nSPS) is 28.9. The maximum atomic E-state index is 12.6. The molecule has 23 heavy (non-hydrogen) atoms. The Morgan fingerprint density at radius 1 is 1.26 bits per heavy atom. The van der Waals surface area contributed by atoms with Gasteiger partial charge in [0, 0.05) is 21.1 Å². The number of hydrogen-bond donors (Lipinski definition) is 1. The minimum atomic E-state index is -0.0885. The summed E-state index contributed by atoms with van der Waals surface area (Å²) in [6.07, 6.45) is 3.79. The van der Waals surface area contributed by atoms with Gasteiger partial charge < -0.3 is 10.1 Å². The lowest BCUT2D eigenvalue weighted by Crippen LogP contribution is -2.57. The van der Waals surface area contributed by atoms with Crippen molar-refractivity contribution in [3.05, 3.63) is 20.9 Å². The smallest absolute Gasteiger partial charge is 0.308 e. The molecule has 6 heteroatoms. The van der Waals surface area contributed by atoms with Crippen LogP contribution in [0, 0.1) is 25.2 Å². The van der Waals surface area contributed by atoms with Crippen LogP contribution in [0.4, 0.5) is 0 Å². The molecule has 1 N–H and O–H groups in total. The van der Waals surface area contributed by atoms with Gasteiger partial charge in [-0.25, -0.2) is 0 Å². The highest BCUT2D eigenvalue weighted by molar-refractivity contribution is 9.08. The summed E-state index contributed by atoms with van der Waals surface area (Å²) in [6, 6.07) is 0.240. The molecule has 4 nitrogen and oxygen atoms in total. The molecule has 3 rings (SSSR count). The van der Waals surface area contributed by atoms with E-state index in [-0.39, 0.29) is 29.3 Å². The quantitative estimate of drug-likeness (QED) is 0.619. The summed E-state index contributed by atoms with van der Waals surface area (Å²) in [5.74, 6) is 0.0258. The lowest BCUT2D eigenvalue weighted by Gasteiger charge is -2.56. The van der Waals surface area contributed by atoms with Crippen molar-refractivity contribution in [2.45, 2.75) is 50.9 Å². The first-order chi connectivity index (χ1) is 10.9. The zero-order valence-electron chi connectivity index (χ0n) is 13.7. The average molecular weight is 400 g/mol. The summed E-state index contributed by atoms with van der Waals surface area (Å²) in [5.41, 5.74) is 2.22. The van der Waals surface area contributed by atoms with Crippen LogP contribution in [0.1, 0.15) is 51.4 Å². The summed E-state index contributed by atoms with van der Waals surface area (Å²) in [7, 11) is 1.45. The highest BCUT2D eigenvalue weighted by atomic mass is 79.9. The number of rotatable bonds is 4. The predicted molar refractivity (Wildman–Crippen MR) is 94.1 cm³/mol. The molecule has 1 aromatic heterocycles. The average Bonchev–Trinajstić information content (AvgIpc) is 2.72. The molecule has 2 fully saturated rings. The lowest BCUT2D eigenvalue weighted by molar-refractivity contribution is -0.159. The first-order valence-corrected chi connectivity index (χ1v) is 9.86. The standard InChI is InChI=1S/C17H22BrNO3S/c1-9-13(8-18)14(10(2)23-9)15(20)19-12-6-17(7-12)4-11(5-17)16(21)22-3/h11-12H,4-8H2,1-3H3,(H,19,20). The van der Waals surface area contributed by atoms with Gasteiger partial charge in [-0.3, -0.25) is 9.59 Å². The van der Waals surface area contributed by atoms with E-state index in [1.165, 1.54) is 12.0 Å². The fourth-order valence-electron chi connectivity index (χ4n) is 4.19. The zero-order chi connectivity index (χ0) is 16.8. The number of aryl methyl sites for hydroxylation is 2. The van der Waals surface area contributed by atoms with Crippen LogP contribution in [-0.4, -0.2) is 25.0 Å². The Hall–Kier alpha value is -0.880. The second-order valence-corrected chi connectivity index (χ2v) is 8.90. The summed E-state index contributed by atoms with van der Waals surface area (Å²) in [4.78, 5) is 26.4. The number of carbonyl (C=O) groups is 2. The van der Waals surface area contributed by atoms with Crippen LogP contribution in [0.25, 0.3) is 0 Å². The monoisotopic (exact) mass is 399 g/mol. The number of amides is 1. The van der Waals surface area contributed by atoms with Crippen molar-refractivity contribution in [1.82, 2.24) is 5.32 Å². The Kier molecular flexibility index (Phi) is 4.58. The second-order valence-electron chi connectivity index (χ2n) is 6.91. The van der Waals surface area contributed by atoms with Gasteiger partial charge in [0.15, 0.2) is 0 Å². The molecule has 1 amide bonds. The summed E-state index contributed by atoms with van der Waals surface area (Å²) in [5, 5.41) is 3.88. The van der Waals surface area contributed by atoms with Crippen molar-refractivity contribution in [3.63, 3.8) is 0 Å². The third-order valence-corrected chi connectivity index (χ3v) is 6.96. The Morgan fingerprint density at radius 2 is 1.91 bits per heavy atom. The number of nitrogens with one attached hydrogen (secondary N) is 1. The van der Waals surface area contributed by atoms with Gasteiger partial charge in [-0.15, -0.1) is 11.3 Å². The maximum absolute atomic E-state index is 12.6. The Labute approximate surface area is 149 Å². The van der Waals surface area contributed by atoms with Crippen molar-refractivity contribution < 1.29 is 14.3 Å². The Balaban J connectivity index is 1.55. The molecule has 2 aliphatic rings. The molecule has 0 saturated heterocycles. The largest absolute Gasteiger partial charge is 0.469 e. The number of alkyl halides is 1. The van der Waals surface area contributed by atoms with Gasteiger partial charge in [-0.05, 0) is 50.5 Å². The highest BCUT2D eigenvalue weighted by Crippen LogP contribution is 2.59. The van der Waals surface area contributed by atoms with Crippen LogP contribution in [0.15, 0.2) is 0 Å². The number of halogens is 1. The number of esters is 1. The number of thiophene rings is 1. The van der Waals surface area contributed by atoms with Crippen molar-refractivity contribution in [2.24, 2.45) is 11.3 Å². The van der Waals surface area contributed by atoms with Crippen LogP contribution >= 0.6 is 27.3 Å². The van der Waals surface area contributed by atoms with E-state index in [0.717, 1.165) is 41.7 Å². The molecule has 0 bridgehead atoms. The van der Waals surface area contributed by atoms with Gasteiger partial charge >= 0.3 is 5.97 Å². The molecule has 0 unspecified atom stereocenters. The number of methoxy groups -OCH3 is 1. The molecule has 2 saturated carbocycles. The molecular weight excluding hydrogens is 378 g/mol. The van der Waals surface area contributed by atoms with Gasteiger partial charge in [0.05, 0.1) is 18.6 Å². The molecule has 1 heterocycles. The van der Waals surface area contributed by atoms with E-state index < -0.39 is 0 Å². The Morgan fingerprint density at radius 3 is 2.48 bits per heavy atom. The van der Waals surface area contributed by atoms with Crippen LogP contribution in [-0.2, 0) is 14.9 Å². The summed E-state index contributed by atoms with van der Waals surface area (Å²) < 4.78 is 4.79. The molecule has 1 aromatic rings. The van der Waals surface area contributed by atoms with Crippen LogP contribution in [0.5, 0.6) is 0 Å². The van der Waals surface area contributed by atoms with Crippen molar-refractivity contribution in [2.75, 3.05) is 7.11 Å². The molecule has 1 spiro atoms. The van der Waals surface area contributed by atoms with Crippen molar-refractivity contribution in [1.29, 1.82) is 0 Å². The molecule has 0 aliphatic heterocycles. The number of hydrogen-bond acceptors (Lipinski definition) is 4. The summed E-state index contributed by atoms with van der Waals surface area (Å²) in [6.45, 7) is 4.07. The van der Waals surface area contributed by atoms with Crippen LogP contribution < -0.4 is 5.32 Å². The number of carbonyl (C=O) groups excluding carboxylic acids is 2. The fourth-order valence-corrected chi connectivity index (χ4v) is 6.15. The molecule has 0 radical (unpaired) electrons. The topological polar surface area (TPSA) is 55.4 Å². The van der Waals surface area contributed by atoms with Gasteiger partial charge in [0.1, 0.15) is 0 Å². The van der Waals surface area contributed by atoms with Gasteiger partial charge in [0.25, 0.3) is 5.91 Å².